The molecule has 28 heavy (non-hydrogen) atoms. The molecule has 2 aromatic carbocycles. The van der Waals surface area contributed by atoms with Crippen molar-refractivity contribution in [2.75, 3.05) is 19.6 Å². The average molecular weight is 411 g/mol. The van der Waals surface area contributed by atoms with Gasteiger partial charge in [-0.25, -0.2) is 13.2 Å². The maximum Gasteiger partial charge on any atom is 0.265 e. The summed E-state index contributed by atoms with van der Waals surface area (Å²) in [6, 6.07) is 11.4. The Balaban J connectivity index is 1.50. The van der Waals surface area contributed by atoms with Gasteiger partial charge in [0.2, 0.25) is 5.67 Å². The van der Waals surface area contributed by atoms with Crippen LogP contribution in [0.25, 0.3) is 0 Å². The van der Waals surface area contributed by atoms with Crippen molar-refractivity contribution < 1.29 is 23.1 Å². The van der Waals surface area contributed by atoms with Crippen molar-refractivity contribution in [2.24, 2.45) is 0 Å². The number of halogens is 4. The molecule has 0 aromatic heterocycles. The van der Waals surface area contributed by atoms with Crippen LogP contribution in [0.15, 0.2) is 42.5 Å². The zero-order chi connectivity index (χ0) is 20.1. The fraction of sp³-hybridized carbons (Fsp3) is 0.350. The third kappa shape index (κ3) is 3.02. The van der Waals surface area contributed by atoms with Crippen molar-refractivity contribution in [3.05, 3.63) is 64.4 Å². The van der Waals surface area contributed by atoms with Crippen LogP contribution >= 0.6 is 11.6 Å². The number of nitrogens with zero attached hydrogens (tertiary/aromatic N) is 2. The normalized spacial score (nSPS) is 27.4. The van der Waals surface area contributed by atoms with Gasteiger partial charge in [-0.15, -0.1) is 0 Å². The minimum atomic E-state index is -2.64. The van der Waals surface area contributed by atoms with E-state index in [9.17, 15) is 14.3 Å². The summed E-state index contributed by atoms with van der Waals surface area (Å²) in [6.07, 6.45) is 0. The van der Waals surface area contributed by atoms with E-state index in [4.69, 9.17) is 11.6 Å². The summed E-state index contributed by atoms with van der Waals surface area (Å²) in [7, 11) is 0. The highest BCUT2D eigenvalue weighted by Gasteiger charge is 2.70. The van der Waals surface area contributed by atoms with Crippen molar-refractivity contribution >= 4 is 17.5 Å². The summed E-state index contributed by atoms with van der Waals surface area (Å²) >= 11 is 5.76. The number of carbonyl (C=O) groups excluding carboxylic acids is 1. The topological polar surface area (TPSA) is 43.8 Å². The largest absolute Gasteiger partial charge is 0.504 e. The van der Waals surface area contributed by atoms with Crippen LogP contribution in [0.2, 0.25) is 5.02 Å². The van der Waals surface area contributed by atoms with Gasteiger partial charge < -0.3 is 10.0 Å². The van der Waals surface area contributed by atoms with E-state index in [0.29, 0.717) is 5.56 Å². The number of phenols is 1. The predicted octanol–water partition coefficient (Wildman–Crippen LogP) is 3.46. The monoisotopic (exact) mass is 410 g/mol. The summed E-state index contributed by atoms with van der Waals surface area (Å²) in [5, 5.41) is 9.22. The highest BCUT2D eigenvalue weighted by atomic mass is 35.5. The number of fused-ring (bicyclic) bond motifs is 1. The molecule has 4 rings (SSSR count). The van der Waals surface area contributed by atoms with Gasteiger partial charge in [-0.3, -0.25) is 9.69 Å². The molecule has 2 aromatic rings. The van der Waals surface area contributed by atoms with Crippen LogP contribution in [0.4, 0.5) is 13.2 Å². The van der Waals surface area contributed by atoms with Gasteiger partial charge in [-0.2, -0.15) is 0 Å². The van der Waals surface area contributed by atoms with E-state index in [1.807, 2.05) is 6.07 Å². The molecule has 0 spiro atoms. The number of alkyl halides is 2. The Hall–Kier alpha value is -2.25. The van der Waals surface area contributed by atoms with E-state index >= 15 is 8.78 Å². The molecule has 2 saturated heterocycles. The molecule has 0 radical (unpaired) electrons. The van der Waals surface area contributed by atoms with Gasteiger partial charge in [0, 0.05) is 26.2 Å². The second-order valence-electron chi connectivity index (χ2n) is 7.47. The molecule has 2 atom stereocenters. The van der Waals surface area contributed by atoms with Crippen LogP contribution in [0, 0.1) is 5.82 Å². The SMILES string of the molecule is O=C1N(Cc2ccccc2)C[C@@]2(F)CN(Cc3cc(F)c(O)c(Cl)c3)C[C@@]12F. The molecule has 148 valence electrons. The van der Waals surface area contributed by atoms with Crippen molar-refractivity contribution in [1.29, 1.82) is 0 Å². The Kier molecular flexibility index (Phi) is 4.55. The Morgan fingerprint density at radius 3 is 2.39 bits per heavy atom. The lowest BCUT2D eigenvalue weighted by atomic mass is 9.93. The molecule has 1 amide bonds. The summed E-state index contributed by atoms with van der Waals surface area (Å²) in [5.74, 6) is -2.44. The number of amides is 1. The fourth-order valence-electron chi connectivity index (χ4n) is 4.06. The first-order chi connectivity index (χ1) is 13.2. The third-order valence-electron chi connectivity index (χ3n) is 5.39. The third-order valence-corrected chi connectivity index (χ3v) is 5.68. The molecule has 0 unspecified atom stereocenters. The minimum absolute atomic E-state index is 0.0141. The van der Waals surface area contributed by atoms with E-state index in [0.717, 1.165) is 11.6 Å². The Morgan fingerprint density at radius 1 is 1.04 bits per heavy atom. The second kappa shape index (κ2) is 6.67. The highest BCUT2D eigenvalue weighted by Crippen LogP contribution is 2.46. The molecule has 2 aliphatic rings. The van der Waals surface area contributed by atoms with Gasteiger partial charge in [0.1, 0.15) is 0 Å². The molecule has 2 heterocycles. The van der Waals surface area contributed by atoms with Crippen molar-refractivity contribution in [1.82, 2.24) is 9.80 Å². The molecule has 0 saturated carbocycles. The van der Waals surface area contributed by atoms with E-state index in [-0.39, 0.29) is 31.2 Å². The Labute approximate surface area is 165 Å². The molecular formula is C20H18ClF3N2O2. The van der Waals surface area contributed by atoms with Crippen LogP contribution in [0.5, 0.6) is 5.75 Å². The number of benzene rings is 2. The molecular weight excluding hydrogens is 393 g/mol. The summed E-state index contributed by atoms with van der Waals surface area (Å²) in [5.41, 5.74) is -3.81. The first-order valence-electron chi connectivity index (χ1n) is 8.82. The standard InChI is InChI=1S/C20H18ClF3N2O2/c21-15-6-14(7-16(22)17(15)27)8-25-10-19(23)11-26(18(28)20(19,24)12-25)9-13-4-2-1-3-5-13/h1-7,27H,8-12H2/t19-,20+/m0/s1. The van der Waals surface area contributed by atoms with E-state index in [1.54, 1.807) is 24.3 Å². The lowest BCUT2D eigenvalue weighted by molar-refractivity contribution is -0.139. The number of hydrogen-bond acceptors (Lipinski definition) is 3. The quantitative estimate of drug-likeness (QED) is 0.839. The summed E-state index contributed by atoms with van der Waals surface area (Å²) in [6.45, 7) is -0.886. The smallest absolute Gasteiger partial charge is 0.265 e. The number of likely N-dealkylation sites (tertiary alicyclic amines) is 2. The first kappa shape index (κ1) is 19.1. The molecule has 2 fully saturated rings. The lowest BCUT2D eigenvalue weighted by Gasteiger charge is -2.22. The number of carbonyl (C=O) groups is 1. The second-order valence-corrected chi connectivity index (χ2v) is 7.87. The Morgan fingerprint density at radius 2 is 1.75 bits per heavy atom. The van der Waals surface area contributed by atoms with Gasteiger partial charge in [0.05, 0.1) is 11.6 Å². The van der Waals surface area contributed by atoms with Crippen LogP contribution in [0.3, 0.4) is 0 Å². The van der Waals surface area contributed by atoms with Gasteiger partial charge in [-0.05, 0) is 23.3 Å². The first-order valence-corrected chi connectivity index (χ1v) is 9.20. The summed E-state index contributed by atoms with van der Waals surface area (Å²) < 4.78 is 44.6. The van der Waals surface area contributed by atoms with Crippen molar-refractivity contribution in [2.45, 2.75) is 24.4 Å². The molecule has 2 aliphatic heterocycles. The average Bonchev–Trinajstić information content (AvgIpc) is 2.98. The molecule has 1 N–H and O–H groups in total. The van der Waals surface area contributed by atoms with Crippen LogP contribution in [-0.4, -0.2) is 51.8 Å². The Bertz CT molecular complexity index is 906. The summed E-state index contributed by atoms with van der Waals surface area (Å²) in [4.78, 5) is 15.3. The number of phenolic OH excluding ortho intramolecular Hbond substituents is 1. The highest BCUT2D eigenvalue weighted by molar-refractivity contribution is 6.32. The number of hydrogen-bond donors (Lipinski definition) is 1. The van der Waals surface area contributed by atoms with Crippen LogP contribution in [-0.2, 0) is 17.9 Å². The van der Waals surface area contributed by atoms with E-state index < -0.39 is 35.4 Å². The minimum Gasteiger partial charge on any atom is -0.504 e. The van der Waals surface area contributed by atoms with Crippen LogP contribution < -0.4 is 0 Å². The maximum absolute atomic E-state index is 15.5. The fourth-order valence-corrected chi connectivity index (χ4v) is 4.29. The van der Waals surface area contributed by atoms with Crippen molar-refractivity contribution in [3.63, 3.8) is 0 Å². The lowest BCUT2D eigenvalue weighted by Crippen LogP contribution is -2.47. The van der Waals surface area contributed by atoms with Gasteiger partial charge in [-0.1, -0.05) is 41.9 Å². The molecule has 0 bridgehead atoms. The van der Waals surface area contributed by atoms with E-state index in [1.165, 1.54) is 15.9 Å². The van der Waals surface area contributed by atoms with Gasteiger partial charge >= 0.3 is 0 Å². The molecule has 8 heteroatoms. The van der Waals surface area contributed by atoms with Gasteiger partial charge in [0.25, 0.3) is 5.91 Å². The maximum atomic E-state index is 15.5. The zero-order valence-electron chi connectivity index (χ0n) is 14.8. The molecule has 0 aliphatic carbocycles. The zero-order valence-corrected chi connectivity index (χ0v) is 15.6. The van der Waals surface area contributed by atoms with Crippen LogP contribution in [0.1, 0.15) is 11.1 Å². The van der Waals surface area contributed by atoms with E-state index in [2.05, 4.69) is 0 Å². The molecule has 4 nitrogen and oxygen atoms in total. The number of rotatable bonds is 4. The van der Waals surface area contributed by atoms with Crippen molar-refractivity contribution in [3.8, 4) is 5.75 Å². The number of aromatic hydroxyl groups is 1. The van der Waals surface area contributed by atoms with Gasteiger partial charge in [0.15, 0.2) is 17.2 Å². The predicted molar refractivity (Wildman–Crippen MR) is 97.9 cm³/mol.